The van der Waals surface area contributed by atoms with Crippen molar-refractivity contribution in [2.75, 3.05) is 5.32 Å². The first-order valence-electron chi connectivity index (χ1n) is 8.23. The van der Waals surface area contributed by atoms with Gasteiger partial charge in [-0.25, -0.2) is 18.4 Å². The fraction of sp³-hybridized carbons (Fsp3) is 0.105. The molecule has 1 amide bonds. The monoisotopic (exact) mass is 469 g/mol. The Morgan fingerprint density at radius 2 is 1.79 bits per heavy atom. The van der Waals surface area contributed by atoms with Crippen LogP contribution in [0.2, 0.25) is 15.1 Å². The van der Waals surface area contributed by atoms with Crippen molar-refractivity contribution in [1.82, 2.24) is 9.97 Å². The smallest absolute Gasteiger partial charge is 0.276 e. The molecule has 2 aromatic carbocycles. The Bertz CT molecular complexity index is 1200. The van der Waals surface area contributed by atoms with Crippen molar-refractivity contribution in [3.63, 3.8) is 0 Å². The van der Waals surface area contributed by atoms with Crippen molar-refractivity contribution >= 4 is 56.2 Å². The topological polar surface area (TPSA) is 89.0 Å². The second-order valence-corrected chi connectivity index (χ2v) is 9.23. The van der Waals surface area contributed by atoms with Crippen LogP contribution in [0.4, 0.5) is 5.69 Å². The molecule has 150 valence electrons. The van der Waals surface area contributed by atoms with Gasteiger partial charge in [-0.2, -0.15) is 0 Å². The lowest BCUT2D eigenvalue weighted by Gasteiger charge is -2.10. The normalized spacial score (nSPS) is 11.3. The number of sulfone groups is 1. The van der Waals surface area contributed by atoms with Gasteiger partial charge in [0.15, 0.2) is 5.69 Å². The Morgan fingerprint density at radius 3 is 2.52 bits per heavy atom. The summed E-state index contributed by atoms with van der Waals surface area (Å²) in [5.41, 5.74) is 1.46. The third-order valence-electron chi connectivity index (χ3n) is 3.85. The van der Waals surface area contributed by atoms with Crippen LogP contribution in [0.15, 0.2) is 53.8 Å². The number of amides is 1. The van der Waals surface area contributed by atoms with Gasteiger partial charge >= 0.3 is 0 Å². The van der Waals surface area contributed by atoms with Gasteiger partial charge in [0.2, 0.25) is 15.0 Å². The van der Waals surface area contributed by atoms with Crippen LogP contribution in [0, 0.1) is 6.92 Å². The highest BCUT2D eigenvalue weighted by molar-refractivity contribution is 7.90. The molecule has 3 aromatic rings. The van der Waals surface area contributed by atoms with E-state index in [9.17, 15) is 13.2 Å². The zero-order chi connectivity index (χ0) is 21.2. The largest absolute Gasteiger partial charge is 0.319 e. The number of aromatic nitrogens is 2. The van der Waals surface area contributed by atoms with E-state index < -0.39 is 20.9 Å². The molecule has 10 heteroatoms. The first-order valence-corrected chi connectivity index (χ1v) is 11.0. The standard InChI is InChI=1S/C19H14Cl3N3O3S/c1-11-4-2-5-12(8-11)10-29(27,28)19-23-9-14(21)17(25-19)18(26)24-15-7-3-6-13(20)16(15)22/h2-9H,10H2,1H3,(H,24,26). The van der Waals surface area contributed by atoms with Crippen LogP contribution in [0.25, 0.3) is 0 Å². The molecule has 0 bridgehead atoms. The van der Waals surface area contributed by atoms with Crippen LogP contribution in [-0.2, 0) is 15.6 Å². The molecule has 0 spiro atoms. The Labute approximate surface area is 182 Å². The predicted molar refractivity (Wildman–Crippen MR) is 114 cm³/mol. The maximum atomic E-state index is 12.7. The minimum Gasteiger partial charge on any atom is -0.319 e. The van der Waals surface area contributed by atoms with E-state index in [0.29, 0.717) is 5.56 Å². The molecule has 1 N–H and O–H groups in total. The van der Waals surface area contributed by atoms with Gasteiger partial charge in [0, 0.05) is 0 Å². The molecule has 0 aliphatic heterocycles. The molecule has 1 heterocycles. The number of benzene rings is 2. The maximum Gasteiger partial charge on any atom is 0.276 e. The Kier molecular flexibility index (Phi) is 6.43. The third kappa shape index (κ3) is 5.05. The molecule has 0 fully saturated rings. The van der Waals surface area contributed by atoms with Gasteiger partial charge in [-0.15, -0.1) is 0 Å². The Balaban J connectivity index is 1.91. The first kappa shape index (κ1) is 21.5. The van der Waals surface area contributed by atoms with Crippen LogP contribution in [-0.4, -0.2) is 24.3 Å². The van der Waals surface area contributed by atoms with Gasteiger partial charge in [0.25, 0.3) is 5.91 Å². The van der Waals surface area contributed by atoms with Gasteiger partial charge in [-0.05, 0) is 24.6 Å². The second kappa shape index (κ2) is 8.67. The molecule has 29 heavy (non-hydrogen) atoms. The van der Waals surface area contributed by atoms with E-state index in [1.54, 1.807) is 30.3 Å². The fourth-order valence-electron chi connectivity index (χ4n) is 2.53. The molecular weight excluding hydrogens is 457 g/mol. The van der Waals surface area contributed by atoms with E-state index in [1.807, 2.05) is 13.0 Å². The zero-order valence-electron chi connectivity index (χ0n) is 15.0. The number of nitrogens with one attached hydrogen (secondary N) is 1. The second-order valence-electron chi connectivity index (χ2n) is 6.15. The average Bonchev–Trinajstić information content (AvgIpc) is 2.65. The van der Waals surface area contributed by atoms with E-state index in [-0.39, 0.29) is 32.2 Å². The molecule has 1 aromatic heterocycles. The predicted octanol–water partition coefficient (Wildman–Crippen LogP) is 4.97. The summed E-state index contributed by atoms with van der Waals surface area (Å²) in [7, 11) is -3.90. The molecular formula is C19H14Cl3N3O3S. The molecule has 3 rings (SSSR count). The van der Waals surface area contributed by atoms with Crippen LogP contribution >= 0.6 is 34.8 Å². The lowest BCUT2D eigenvalue weighted by molar-refractivity contribution is 0.102. The number of carbonyl (C=O) groups excluding carboxylic acids is 1. The number of anilines is 1. The summed E-state index contributed by atoms with van der Waals surface area (Å²) < 4.78 is 25.4. The number of carbonyl (C=O) groups is 1. The van der Waals surface area contributed by atoms with E-state index in [4.69, 9.17) is 34.8 Å². The summed E-state index contributed by atoms with van der Waals surface area (Å²) >= 11 is 18.0. The lowest BCUT2D eigenvalue weighted by atomic mass is 10.2. The molecule has 0 radical (unpaired) electrons. The van der Waals surface area contributed by atoms with Crippen molar-refractivity contribution in [2.24, 2.45) is 0 Å². The maximum absolute atomic E-state index is 12.7. The summed E-state index contributed by atoms with van der Waals surface area (Å²) in [5.74, 6) is -1.05. The average molecular weight is 471 g/mol. The van der Waals surface area contributed by atoms with E-state index >= 15 is 0 Å². The van der Waals surface area contributed by atoms with Gasteiger partial charge in [-0.3, -0.25) is 4.79 Å². The highest BCUT2D eigenvalue weighted by atomic mass is 35.5. The number of rotatable bonds is 5. The number of hydrogen-bond donors (Lipinski definition) is 1. The van der Waals surface area contributed by atoms with Crippen molar-refractivity contribution in [2.45, 2.75) is 17.8 Å². The van der Waals surface area contributed by atoms with Gasteiger partial charge in [-0.1, -0.05) is 70.7 Å². The van der Waals surface area contributed by atoms with Gasteiger partial charge < -0.3 is 5.32 Å². The molecule has 0 saturated carbocycles. The Morgan fingerprint density at radius 1 is 1.07 bits per heavy atom. The Hall–Kier alpha value is -2.19. The van der Waals surface area contributed by atoms with E-state index in [1.165, 1.54) is 6.07 Å². The van der Waals surface area contributed by atoms with E-state index in [2.05, 4.69) is 15.3 Å². The number of nitrogens with zero attached hydrogens (tertiary/aromatic N) is 2. The summed E-state index contributed by atoms with van der Waals surface area (Å²) in [6.45, 7) is 1.86. The molecule has 6 nitrogen and oxygen atoms in total. The quantitative estimate of drug-likeness (QED) is 0.532. The zero-order valence-corrected chi connectivity index (χ0v) is 18.1. The van der Waals surface area contributed by atoms with Gasteiger partial charge in [0.1, 0.15) is 0 Å². The molecule has 0 saturated heterocycles. The van der Waals surface area contributed by atoms with Gasteiger partial charge in [0.05, 0.1) is 32.7 Å². The minimum atomic E-state index is -3.90. The summed E-state index contributed by atoms with van der Waals surface area (Å²) in [6, 6.07) is 11.8. The van der Waals surface area contributed by atoms with Crippen LogP contribution in [0.1, 0.15) is 21.6 Å². The number of aryl methyl sites for hydroxylation is 1. The number of hydrogen-bond acceptors (Lipinski definition) is 5. The first-order chi connectivity index (χ1) is 13.7. The molecule has 0 atom stereocenters. The number of halogens is 3. The molecule has 0 aliphatic carbocycles. The third-order valence-corrected chi connectivity index (χ3v) is 6.42. The molecule has 0 aliphatic rings. The van der Waals surface area contributed by atoms with Crippen LogP contribution in [0.3, 0.4) is 0 Å². The van der Waals surface area contributed by atoms with Crippen molar-refractivity contribution in [3.05, 3.63) is 80.6 Å². The summed E-state index contributed by atoms with van der Waals surface area (Å²) in [6.07, 6.45) is 1.08. The minimum absolute atomic E-state index is 0.102. The van der Waals surface area contributed by atoms with Crippen molar-refractivity contribution in [1.29, 1.82) is 0 Å². The van der Waals surface area contributed by atoms with E-state index in [0.717, 1.165) is 11.8 Å². The summed E-state index contributed by atoms with van der Waals surface area (Å²) in [5, 5.41) is 2.31. The molecule has 0 unspecified atom stereocenters. The van der Waals surface area contributed by atoms with Crippen molar-refractivity contribution < 1.29 is 13.2 Å². The SMILES string of the molecule is Cc1cccc(CS(=O)(=O)c2ncc(Cl)c(C(=O)Nc3cccc(Cl)c3Cl)n2)c1. The summed E-state index contributed by atoms with van der Waals surface area (Å²) in [4.78, 5) is 20.3. The lowest BCUT2D eigenvalue weighted by Crippen LogP contribution is -2.18. The highest BCUT2D eigenvalue weighted by Gasteiger charge is 2.23. The fourth-order valence-corrected chi connectivity index (χ4v) is 4.24. The van der Waals surface area contributed by atoms with Crippen molar-refractivity contribution in [3.8, 4) is 0 Å². The van der Waals surface area contributed by atoms with Crippen LogP contribution < -0.4 is 5.32 Å². The highest BCUT2D eigenvalue weighted by Crippen LogP contribution is 2.30. The van der Waals surface area contributed by atoms with Crippen LogP contribution in [0.5, 0.6) is 0 Å².